The lowest BCUT2D eigenvalue weighted by atomic mass is 9.90. The van der Waals surface area contributed by atoms with Crippen molar-refractivity contribution >= 4 is 21.7 Å². The summed E-state index contributed by atoms with van der Waals surface area (Å²) in [5, 5.41) is 23.4. The Balaban J connectivity index is 1.78. The molecule has 0 unspecified atom stereocenters. The third-order valence-corrected chi connectivity index (χ3v) is 5.41. The van der Waals surface area contributed by atoms with E-state index in [0.717, 1.165) is 47.7 Å². The summed E-state index contributed by atoms with van der Waals surface area (Å²) < 4.78 is 1.40. The maximum absolute atomic E-state index is 12.4. The monoisotopic (exact) mass is 346 g/mol. The number of nitrogens with zero attached hydrogens (tertiary/aromatic N) is 1. The first-order chi connectivity index (χ1) is 12.6. The van der Waals surface area contributed by atoms with Crippen LogP contribution in [0.1, 0.15) is 24.0 Å². The first-order valence-corrected chi connectivity index (χ1v) is 8.84. The number of hydrogen-bond acceptors (Lipinski definition) is 3. The van der Waals surface area contributed by atoms with Crippen LogP contribution in [0.5, 0.6) is 11.8 Å². The third kappa shape index (κ3) is 2.00. The Morgan fingerprint density at radius 2 is 1.50 bits per heavy atom. The van der Waals surface area contributed by atoms with Crippen LogP contribution in [0.2, 0.25) is 0 Å². The van der Waals surface area contributed by atoms with Gasteiger partial charge < -0.3 is 15.2 Å². The van der Waals surface area contributed by atoms with Gasteiger partial charge in [0.25, 0.3) is 5.56 Å². The number of fused-ring (bicyclic) bond motifs is 4. The first-order valence-electron chi connectivity index (χ1n) is 8.84. The quantitative estimate of drug-likeness (QED) is 0.491. The van der Waals surface area contributed by atoms with Crippen LogP contribution in [0.4, 0.5) is 0 Å². The highest BCUT2D eigenvalue weighted by molar-refractivity contribution is 5.94. The molecule has 2 heterocycles. The van der Waals surface area contributed by atoms with Crippen molar-refractivity contribution < 1.29 is 10.2 Å². The number of nitrogens with one attached hydrogen (secondary N) is 1. The van der Waals surface area contributed by atoms with Crippen LogP contribution < -0.4 is 5.56 Å². The average Bonchev–Trinajstić information content (AvgIpc) is 2.93. The minimum atomic E-state index is -0.0320. The Bertz CT molecular complexity index is 1190. The van der Waals surface area contributed by atoms with Crippen molar-refractivity contribution in [3.8, 4) is 17.4 Å². The molecule has 2 aromatic heterocycles. The van der Waals surface area contributed by atoms with E-state index in [2.05, 4.69) is 4.98 Å². The lowest BCUT2D eigenvalue weighted by Gasteiger charge is -2.17. The fraction of sp³-hybridized carbons (Fsp3) is 0.190. The van der Waals surface area contributed by atoms with Crippen molar-refractivity contribution in [1.82, 2.24) is 9.55 Å². The molecule has 2 aromatic carbocycles. The summed E-state index contributed by atoms with van der Waals surface area (Å²) in [4.78, 5) is 15.4. The number of aromatic amines is 1. The van der Waals surface area contributed by atoms with Gasteiger partial charge in [0, 0.05) is 21.7 Å². The molecular weight excluding hydrogens is 328 g/mol. The van der Waals surface area contributed by atoms with E-state index in [9.17, 15) is 15.0 Å². The van der Waals surface area contributed by atoms with Gasteiger partial charge in [0.05, 0.1) is 11.2 Å². The summed E-state index contributed by atoms with van der Waals surface area (Å²) in [7, 11) is 0. The van der Waals surface area contributed by atoms with E-state index < -0.39 is 0 Å². The van der Waals surface area contributed by atoms with E-state index >= 15 is 0 Å². The van der Waals surface area contributed by atoms with Gasteiger partial charge in [-0.1, -0.05) is 18.2 Å². The van der Waals surface area contributed by atoms with Gasteiger partial charge in [-0.2, -0.15) is 0 Å². The summed E-state index contributed by atoms with van der Waals surface area (Å²) in [5.41, 5.74) is 3.33. The molecule has 3 N–H and O–H groups in total. The highest BCUT2D eigenvalue weighted by Gasteiger charge is 2.19. The molecule has 0 saturated heterocycles. The molecule has 5 nitrogen and oxygen atoms in total. The molecule has 5 heteroatoms. The molecule has 0 saturated carbocycles. The van der Waals surface area contributed by atoms with Gasteiger partial charge in [0.2, 0.25) is 11.8 Å². The predicted octanol–water partition coefficient (Wildman–Crippen LogP) is 3.76. The normalized spacial score (nSPS) is 14.0. The Hall–Kier alpha value is -3.21. The van der Waals surface area contributed by atoms with E-state index in [0.29, 0.717) is 16.5 Å². The van der Waals surface area contributed by atoms with Crippen LogP contribution >= 0.6 is 0 Å². The average molecular weight is 346 g/mol. The molecule has 0 aliphatic heterocycles. The zero-order valence-electron chi connectivity index (χ0n) is 14.1. The lowest BCUT2D eigenvalue weighted by Crippen LogP contribution is -2.19. The number of hydrogen-bond donors (Lipinski definition) is 3. The fourth-order valence-electron chi connectivity index (χ4n) is 4.15. The summed E-state index contributed by atoms with van der Waals surface area (Å²) in [6.07, 6.45) is 3.89. The third-order valence-electron chi connectivity index (χ3n) is 5.41. The van der Waals surface area contributed by atoms with Gasteiger partial charge in [-0.15, -0.1) is 0 Å². The molecule has 0 bridgehead atoms. The van der Waals surface area contributed by atoms with Gasteiger partial charge in [0.15, 0.2) is 0 Å². The molecule has 0 radical (unpaired) electrons. The smallest absolute Gasteiger partial charge is 0.251 e. The van der Waals surface area contributed by atoms with Crippen LogP contribution in [0.15, 0.2) is 47.3 Å². The SMILES string of the molecule is O=c1[nH]c2cc(-n3c(O)c4ccccc4c3O)ccc2c2c1CCCC2. The number of aryl methyl sites for hydroxylation is 1. The number of aromatic nitrogens is 2. The minimum Gasteiger partial charge on any atom is -0.494 e. The Labute approximate surface area is 149 Å². The zero-order chi connectivity index (χ0) is 17.8. The standard InChI is InChI=1S/C21H18N2O3/c24-19-15-6-2-1-5-13(15)14-10-9-12(11-18(14)22-19)23-20(25)16-7-3-4-8-17(16)21(23)26/h3-4,7-11,25-26H,1-2,5-6H2,(H,22,24). The van der Waals surface area contributed by atoms with Crippen molar-refractivity contribution in [2.24, 2.45) is 0 Å². The second-order valence-electron chi connectivity index (χ2n) is 6.88. The fourth-order valence-corrected chi connectivity index (χ4v) is 4.15. The second kappa shape index (κ2) is 5.39. The molecule has 1 aliphatic carbocycles. The van der Waals surface area contributed by atoms with Gasteiger partial charge in [-0.3, -0.25) is 9.36 Å². The zero-order valence-corrected chi connectivity index (χ0v) is 14.1. The molecule has 26 heavy (non-hydrogen) atoms. The summed E-state index contributed by atoms with van der Waals surface area (Å²) in [5.74, 6) is -0.0319. The Morgan fingerprint density at radius 1 is 0.846 bits per heavy atom. The van der Waals surface area contributed by atoms with Crippen LogP contribution in [0.25, 0.3) is 27.4 Å². The minimum absolute atomic E-state index is 0.0160. The first kappa shape index (κ1) is 15.1. The highest BCUT2D eigenvalue weighted by Crippen LogP contribution is 2.39. The van der Waals surface area contributed by atoms with Crippen LogP contribution in [-0.4, -0.2) is 19.8 Å². The molecule has 130 valence electrons. The van der Waals surface area contributed by atoms with Gasteiger partial charge >= 0.3 is 0 Å². The largest absolute Gasteiger partial charge is 0.494 e. The summed E-state index contributed by atoms with van der Waals surface area (Å²) in [6, 6.07) is 12.8. The van der Waals surface area contributed by atoms with E-state index in [-0.39, 0.29) is 17.3 Å². The topological polar surface area (TPSA) is 78.2 Å². The van der Waals surface area contributed by atoms with Crippen LogP contribution in [0.3, 0.4) is 0 Å². The molecule has 0 spiro atoms. The van der Waals surface area contributed by atoms with E-state index in [1.54, 1.807) is 12.1 Å². The molecule has 0 fully saturated rings. The van der Waals surface area contributed by atoms with Gasteiger partial charge in [-0.05, 0) is 55.5 Å². The molecule has 4 aromatic rings. The van der Waals surface area contributed by atoms with Crippen molar-refractivity contribution in [3.63, 3.8) is 0 Å². The Morgan fingerprint density at radius 3 is 2.19 bits per heavy atom. The van der Waals surface area contributed by atoms with E-state index in [1.165, 1.54) is 4.57 Å². The van der Waals surface area contributed by atoms with E-state index in [1.807, 2.05) is 30.3 Å². The predicted molar refractivity (Wildman–Crippen MR) is 101 cm³/mol. The Kier molecular flexibility index (Phi) is 3.13. The van der Waals surface area contributed by atoms with Crippen molar-refractivity contribution in [2.45, 2.75) is 25.7 Å². The summed E-state index contributed by atoms with van der Waals surface area (Å²) in [6.45, 7) is 0. The van der Waals surface area contributed by atoms with Crippen molar-refractivity contribution in [1.29, 1.82) is 0 Å². The maximum Gasteiger partial charge on any atom is 0.251 e. The second-order valence-corrected chi connectivity index (χ2v) is 6.88. The van der Waals surface area contributed by atoms with Gasteiger partial charge in [0.1, 0.15) is 0 Å². The van der Waals surface area contributed by atoms with Crippen LogP contribution in [0, 0.1) is 0 Å². The van der Waals surface area contributed by atoms with Gasteiger partial charge in [-0.25, -0.2) is 0 Å². The number of rotatable bonds is 1. The molecule has 1 aliphatic rings. The highest BCUT2D eigenvalue weighted by atomic mass is 16.3. The lowest BCUT2D eigenvalue weighted by molar-refractivity contribution is 0.406. The number of H-pyrrole nitrogens is 1. The molecule has 0 amide bonds. The number of aromatic hydroxyl groups is 2. The molecule has 5 rings (SSSR count). The maximum atomic E-state index is 12.4. The van der Waals surface area contributed by atoms with Crippen molar-refractivity contribution in [3.05, 3.63) is 63.9 Å². The van der Waals surface area contributed by atoms with Crippen molar-refractivity contribution in [2.75, 3.05) is 0 Å². The van der Waals surface area contributed by atoms with E-state index in [4.69, 9.17) is 0 Å². The summed E-state index contributed by atoms with van der Waals surface area (Å²) >= 11 is 0. The number of pyridine rings is 1. The van der Waals surface area contributed by atoms with Crippen LogP contribution in [-0.2, 0) is 12.8 Å². The molecule has 0 atom stereocenters. The molecular formula is C21H18N2O3. The number of benzene rings is 2.